The SMILES string of the molecule is Cn1nc(C(=O)O)c2c1NCC(=O)N2. The van der Waals surface area contributed by atoms with Crippen molar-refractivity contribution < 1.29 is 14.7 Å². The van der Waals surface area contributed by atoms with Crippen LogP contribution in [-0.2, 0) is 11.8 Å². The first kappa shape index (κ1) is 8.54. The smallest absolute Gasteiger partial charge is 0.358 e. The molecule has 0 aliphatic carbocycles. The van der Waals surface area contributed by atoms with Gasteiger partial charge in [0.15, 0.2) is 5.69 Å². The van der Waals surface area contributed by atoms with Gasteiger partial charge in [0.05, 0.1) is 6.54 Å². The summed E-state index contributed by atoms with van der Waals surface area (Å²) in [6, 6.07) is 0. The molecule has 1 aromatic rings. The fourth-order valence-corrected chi connectivity index (χ4v) is 1.34. The van der Waals surface area contributed by atoms with Gasteiger partial charge in [0.25, 0.3) is 0 Å². The Morgan fingerprint density at radius 3 is 3.00 bits per heavy atom. The third kappa shape index (κ3) is 1.10. The van der Waals surface area contributed by atoms with E-state index in [9.17, 15) is 9.59 Å². The summed E-state index contributed by atoms with van der Waals surface area (Å²) >= 11 is 0. The number of aromatic carboxylic acids is 1. The topological polar surface area (TPSA) is 96.2 Å². The molecule has 0 bridgehead atoms. The fraction of sp³-hybridized carbons (Fsp3) is 0.286. The Bertz CT molecular complexity index is 423. The van der Waals surface area contributed by atoms with Gasteiger partial charge in [-0.25, -0.2) is 4.79 Å². The summed E-state index contributed by atoms with van der Waals surface area (Å²) in [5.74, 6) is -0.916. The molecule has 0 saturated carbocycles. The molecule has 0 aromatic carbocycles. The molecule has 0 unspecified atom stereocenters. The summed E-state index contributed by atoms with van der Waals surface area (Å²) in [4.78, 5) is 21.7. The molecule has 1 aliphatic heterocycles. The number of hydrogen-bond donors (Lipinski definition) is 3. The summed E-state index contributed by atoms with van der Waals surface area (Å²) in [5, 5.41) is 17.8. The summed E-state index contributed by atoms with van der Waals surface area (Å²) in [6.07, 6.45) is 0. The molecule has 0 saturated heterocycles. The van der Waals surface area contributed by atoms with Gasteiger partial charge in [-0.3, -0.25) is 9.48 Å². The number of carboxylic acid groups (broad SMARTS) is 1. The van der Waals surface area contributed by atoms with E-state index in [4.69, 9.17) is 5.11 Å². The van der Waals surface area contributed by atoms with Crippen LogP contribution in [0.2, 0.25) is 0 Å². The van der Waals surface area contributed by atoms with E-state index in [1.165, 1.54) is 4.68 Å². The van der Waals surface area contributed by atoms with Gasteiger partial charge >= 0.3 is 5.97 Å². The molecule has 7 nitrogen and oxygen atoms in total. The Morgan fingerprint density at radius 2 is 2.36 bits per heavy atom. The first-order valence-electron chi connectivity index (χ1n) is 3.93. The molecule has 2 rings (SSSR count). The van der Waals surface area contributed by atoms with E-state index in [-0.39, 0.29) is 23.8 Å². The highest BCUT2D eigenvalue weighted by Crippen LogP contribution is 2.27. The largest absolute Gasteiger partial charge is 0.476 e. The van der Waals surface area contributed by atoms with Crippen molar-refractivity contribution in [1.29, 1.82) is 0 Å². The number of aryl methyl sites for hydroxylation is 1. The standard InChI is InChI=1S/C7H8N4O3/c1-11-6-4(5(10-11)7(13)14)9-3(12)2-8-6/h8H,2H2,1H3,(H,9,12)(H,13,14). The lowest BCUT2D eigenvalue weighted by atomic mass is 10.3. The minimum atomic E-state index is -1.16. The van der Waals surface area contributed by atoms with Gasteiger partial charge in [0.2, 0.25) is 5.91 Å². The number of carboxylic acids is 1. The number of hydrogen-bond acceptors (Lipinski definition) is 4. The molecular weight excluding hydrogens is 188 g/mol. The van der Waals surface area contributed by atoms with Crippen LogP contribution in [-0.4, -0.2) is 33.3 Å². The predicted molar refractivity (Wildman–Crippen MR) is 47.3 cm³/mol. The van der Waals surface area contributed by atoms with E-state index in [1.807, 2.05) is 0 Å². The van der Waals surface area contributed by atoms with Crippen molar-refractivity contribution in [2.75, 3.05) is 17.2 Å². The second kappa shape index (κ2) is 2.72. The van der Waals surface area contributed by atoms with Gasteiger partial charge in [0.1, 0.15) is 11.5 Å². The van der Waals surface area contributed by atoms with Gasteiger partial charge in [-0.2, -0.15) is 5.10 Å². The number of anilines is 2. The van der Waals surface area contributed by atoms with E-state index in [0.29, 0.717) is 5.82 Å². The van der Waals surface area contributed by atoms with E-state index in [2.05, 4.69) is 15.7 Å². The minimum absolute atomic E-state index is 0.131. The van der Waals surface area contributed by atoms with Crippen LogP contribution in [0.3, 0.4) is 0 Å². The van der Waals surface area contributed by atoms with E-state index < -0.39 is 5.97 Å². The lowest BCUT2D eigenvalue weighted by Crippen LogP contribution is -2.28. The van der Waals surface area contributed by atoms with Crippen molar-refractivity contribution in [1.82, 2.24) is 9.78 Å². The zero-order chi connectivity index (χ0) is 10.3. The molecule has 0 radical (unpaired) electrons. The number of fused-ring (bicyclic) bond motifs is 1. The van der Waals surface area contributed by atoms with Gasteiger partial charge in [-0.1, -0.05) is 0 Å². The van der Waals surface area contributed by atoms with Crippen LogP contribution in [0.5, 0.6) is 0 Å². The highest BCUT2D eigenvalue weighted by atomic mass is 16.4. The van der Waals surface area contributed by atoms with E-state index in [1.54, 1.807) is 7.05 Å². The van der Waals surface area contributed by atoms with Gasteiger partial charge < -0.3 is 15.7 Å². The highest BCUT2D eigenvalue weighted by Gasteiger charge is 2.26. The third-order valence-electron chi connectivity index (χ3n) is 1.93. The van der Waals surface area contributed by atoms with E-state index in [0.717, 1.165) is 0 Å². The monoisotopic (exact) mass is 196 g/mol. The van der Waals surface area contributed by atoms with Gasteiger partial charge in [0, 0.05) is 7.05 Å². The number of nitrogens with zero attached hydrogens (tertiary/aromatic N) is 2. The Balaban J connectivity index is 2.55. The van der Waals surface area contributed by atoms with E-state index >= 15 is 0 Å². The summed E-state index contributed by atoms with van der Waals surface area (Å²) in [6.45, 7) is 0.131. The molecule has 2 heterocycles. The molecule has 0 fully saturated rings. The maximum absolute atomic E-state index is 11.0. The van der Waals surface area contributed by atoms with Crippen LogP contribution >= 0.6 is 0 Å². The van der Waals surface area contributed by atoms with Crippen LogP contribution in [0.15, 0.2) is 0 Å². The number of amides is 1. The summed E-state index contributed by atoms with van der Waals surface area (Å²) in [7, 11) is 1.61. The zero-order valence-corrected chi connectivity index (χ0v) is 7.37. The maximum atomic E-state index is 11.0. The molecule has 1 aliphatic rings. The quantitative estimate of drug-likeness (QED) is 0.561. The van der Waals surface area contributed by atoms with Crippen molar-refractivity contribution in [3.63, 3.8) is 0 Å². The van der Waals surface area contributed by atoms with Crippen molar-refractivity contribution in [3.05, 3.63) is 5.69 Å². The second-order valence-electron chi connectivity index (χ2n) is 2.90. The van der Waals surface area contributed by atoms with Crippen molar-refractivity contribution in [2.24, 2.45) is 7.05 Å². The maximum Gasteiger partial charge on any atom is 0.358 e. The first-order valence-corrected chi connectivity index (χ1v) is 3.93. The van der Waals surface area contributed by atoms with Crippen molar-refractivity contribution in [3.8, 4) is 0 Å². The lowest BCUT2D eigenvalue weighted by molar-refractivity contribution is -0.114. The lowest BCUT2D eigenvalue weighted by Gasteiger charge is -2.15. The molecule has 1 amide bonds. The molecule has 74 valence electrons. The van der Waals surface area contributed by atoms with Crippen LogP contribution in [0, 0.1) is 0 Å². The van der Waals surface area contributed by atoms with Gasteiger partial charge in [-0.05, 0) is 0 Å². The van der Waals surface area contributed by atoms with Crippen LogP contribution in [0.1, 0.15) is 10.5 Å². The highest BCUT2D eigenvalue weighted by molar-refractivity contribution is 6.06. The molecular formula is C7H8N4O3. The van der Waals surface area contributed by atoms with Crippen molar-refractivity contribution >= 4 is 23.4 Å². The van der Waals surface area contributed by atoms with Crippen LogP contribution in [0.4, 0.5) is 11.5 Å². The fourth-order valence-electron chi connectivity index (χ4n) is 1.34. The summed E-state index contributed by atoms with van der Waals surface area (Å²) < 4.78 is 1.39. The molecule has 1 aromatic heterocycles. The Labute approximate surface area is 78.7 Å². The number of rotatable bonds is 1. The zero-order valence-electron chi connectivity index (χ0n) is 7.37. The number of nitrogens with one attached hydrogen (secondary N) is 2. The molecule has 3 N–H and O–H groups in total. The van der Waals surface area contributed by atoms with Crippen LogP contribution in [0.25, 0.3) is 0 Å². The number of carbonyl (C=O) groups excluding carboxylic acids is 1. The summed E-state index contributed by atoms with van der Waals surface area (Å²) in [5.41, 5.74) is 0.0827. The van der Waals surface area contributed by atoms with Crippen molar-refractivity contribution in [2.45, 2.75) is 0 Å². The molecule has 0 atom stereocenters. The third-order valence-corrected chi connectivity index (χ3v) is 1.93. The average molecular weight is 196 g/mol. The number of aromatic nitrogens is 2. The number of carbonyl (C=O) groups is 2. The first-order chi connectivity index (χ1) is 6.59. The Hall–Kier alpha value is -2.05. The molecule has 14 heavy (non-hydrogen) atoms. The van der Waals surface area contributed by atoms with Gasteiger partial charge in [-0.15, -0.1) is 0 Å². The Morgan fingerprint density at radius 1 is 1.64 bits per heavy atom. The molecule has 0 spiro atoms. The second-order valence-corrected chi connectivity index (χ2v) is 2.90. The van der Waals surface area contributed by atoms with Crippen LogP contribution < -0.4 is 10.6 Å². The predicted octanol–water partition coefficient (Wildman–Crippen LogP) is -0.518. The minimum Gasteiger partial charge on any atom is -0.476 e. The normalized spacial score (nSPS) is 14.2. The average Bonchev–Trinajstić information content (AvgIpc) is 2.43. The Kier molecular flexibility index (Phi) is 1.66. The molecule has 7 heteroatoms.